The van der Waals surface area contributed by atoms with Gasteiger partial charge in [-0.3, -0.25) is 0 Å². The molecule has 1 atom stereocenters. The normalized spacial score (nSPS) is 12.3. The van der Waals surface area contributed by atoms with Crippen LogP contribution in [0.25, 0.3) is 0 Å². The quantitative estimate of drug-likeness (QED) is 0.786. The van der Waals surface area contributed by atoms with Gasteiger partial charge in [0.2, 0.25) is 0 Å². The first-order valence-corrected chi connectivity index (χ1v) is 7.78. The highest BCUT2D eigenvalue weighted by molar-refractivity contribution is 6.30. The second-order valence-corrected chi connectivity index (χ2v) is 5.67. The molecular weight excluding hydrogens is 285 g/mol. The highest BCUT2D eigenvalue weighted by Gasteiger charge is 2.14. The summed E-state index contributed by atoms with van der Waals surface area (Å²) in [6.45, 7) is 3.06. The van der Waals surface area contributed by atoms with Crippen molar-refractivity contribution in [1.82, 2.24) is 5.32 Å². The smallest absolute Gasteiger partial charge is 0.145 e. The molecule has 0 saturated carbocycles. The van der Waals surface area contributed by atoms with E-state index >= 15 is 0 Å². The first-order chi connectivity index (χ1) is 10.2. The molecule has 1 unspecified atom stereocenters. The largest absolute Gasteiger partial charge is 0.313 e. The van der Waals surface area contributed by atoms with Crippen LogP contribution < -0.4 is 5.32 Å². The maximum atomic E-state index is 14.1. The third-order valence-electron chi connectivity index (χ3n) is 3.51. The molecule has 0 fully saturated rings. The fourth-order valence-electron chi connectivity index (χ4n) is 2.44. The molecule has 3 heteroatoms. The standard InChI is InChI=1S/C18H21ClFN/c1-2-11-21-16(12-14-7-4-3-5-8-14)13-15-9-6-10-17(19)18(15)20/h3-10,16,21H,2,11-13H2,1H3. The monoisotopic (exact) mass is 305 g/mol. The van der Waals surface area contributed by atoms with Gasteiger partial charge in [-0.05, 0) is 43.0 Å². The summed E-state index contributed by atoms with van der Waals surface area (Å²) in [6, 6.07) is 15.7. The lowest BCUT2D eigenvalue weighted by Crippen LogP contribution is -2.34. The van der Waals surface area contributed by atoms with Gasteiger partial charge in [-0.25, -0.2) is 4.39 Å². The number of halogens is 2. The lowest BCUT2D eigenvalue weighted by Gasteiger charge is -2.19. The summed E-state index contributed by atoms with van der Waals surface area (Å²) in [5, 5.41) is 3.70. The van der Waals surface area contributed by atoms with Crippen molar-refractivity contribution in [3.8, 4) is 0 Å². The highest BCUT2D eigenvalue weighted by atomic mass is 35.5. The Kier molecular flexibility index (Phi) is 6.21. The van der Waals surface area contributed by atoms with Crippen LogP contribution in [0.3, 0.4) is 0 Å². The van der Waals surface area contributed by atoms with E-state index < -0.39 is 0 Å². The Labute approximate surface area is 131 Å². The van der Waals surface area contributed by atoms with Crippen LogP contribution in [0, 0.1) is 5.82 Å². The predicted octanol–water partition coefficient (Wildman–Crippen LogP) is 4.63. The van der Waals surface area contributed by atoms with Gasteiger partial charge in [-0.15, -0.1) is 0 Å². The average Bonchev–Trinajstić information content (AvgIpc) is 2.50. The molecule has 0 bridgehead atoms. The van der Waals surface area contributed by atoms with Crippen LogP contribution in [0.5, 0.6) is 0 Å². The van der Waals surface area contributed by atoms with Gasteiger partial charge in [0, 0.05) is 6.04 Å². The predicted molar refractivity (Wildman–Crippen MR) is 87.3 cm³/mol. The molecule has 2 aromatic rings. The number of rotatable bonds is 7. The summed E-state index contributed by atoms with van der Waals surface area (Å²) >= 11 is 5.87. The van der Waals surface area contributed by atoms with Gasteiger partial charge < -0.3 is 5.32 Å². The average molecular weight is 306 g/mol. The zero-order valence-electron chi connectivity index (χ0n) is 12.3. The fraction of sp³-hybridized carbons (Fsp3) is 0.333. The summed E-state index contributed by atoms with van der Waals surface area (Å²) in [5.74, 6) is -0.296. The summed E-state index contributed by atoms with van der Waals surface area (Å²) < 4.78 is 14.1. The van der Waals surface area contributed by atoms with Crippen molar-refractivity contribution in [2.24, 2.45) is 0 Å². The first kappa shape index (κ1) is 16.0. The SMILES string of the molecule is CCCNC(Cc1ccccc1)Cc1cccc(Cl)c1F. The summed E-state index contributed by atoms with van der Waals surface area (Å²) in [6.07, 6.45) is 2.58. The van der Waals surface area contributed by atoms with Crippen molar-refractivity contribution >= 4 is 11.6 Å². The molecule has 0 aromatic heterocycles. The zero-order chi connectivity index (χ0) is 15.1. The number of hydrogen-bond donors (Lipinski definition) is 1. The molecule has 2 rings (SSSR count). The van der Waals surface area contributed by atoms with E-state index in [1.165, 1.54) is 5.56 Å². The van der Waals surface area contributed by atoms with Crippen molar-refractivity contribution in [1.29, 1.82) is 0 Å². The minimum Gasteiger partial charge on any atom is -0.313 e. The van der Waals surface area contributed by atoms with Crippen LogP contribution in [-0.4, -0.2) is 12.6 Å². The van der Waals surface area contributed by atoms with E-state index in [4.69, 9.17) is 11.6 Å². The van der Waals surface area contributed by atoms with E-state index in [2.05, 4.69) is 24.4 Å². The topological polar surface area (TPSA) is 12.0 Å². The lowest BCUT2D eigenvalue weighted by atomic mass is 9.98. The molecule has 112 valence electrons. The van der Waals surface area contributed by atoms with Gasteiger partial charge in [-0.2, -0.15) is 0 Å². The summed E-state index contributed by atoms with van der Waals surface area (Å²) in [4.78, 5) is 0. The second kappa shape index (κ2) is 8.16. The number of benzene rings is 2. The summed E-state index contributed by atoms with van der Waals surface area (Å²) in [7, 11) is 0. The zero-order valence-corrected chi connectivity index (χ0v) is 13.0. The van der Waals surface area contributed by atoms with Gasteiger partial charge in [0.25, 0.3) is 0 Å². The van der Waals surface area contributed by atoms with E-state index in [0.29, 0.717) is 12.0 Å². The Morgan fingerprint density at radius 1 is 1.05 bits per heavy atom. The highest BCUT2D eigenvalue weighted by Crippen LogP contribution is 2.20. The Morgan fingerprint density at radius 2 is 1.81 bits per heavy atom. The molecule has 0 spiro atoms. The van der Waals surface area contributed by atoms with Crippen molar-refractivity contribution < 1.29 is 4.39 Å². The third kappa shape index (κ3) is 4.83. The molecule has 1 nitrogen and oxygen atoms in total. The van der Waals surface area contributed by atoms with E-state index in [1.54, 1.807) is 12.1 Å². The molecule has 0 aliphatic carbocycles. The third-order valence-corrected chi connectivity index (χ3v) is 3.80. The van der Waals surface area contributed by atoms with Gasteiger partial charge >= 0.3 is 0 Å². The molecule has 1 N–H and O–H groups in total. The van der Waals surface area contributed by atoms with Gasteiger partial charge in [0.15, 0.2) is 0 Å². The minimum atomic E-state index is -0.296. The van der Waals surface area contributed by atoms with E-state index in [0.717, 1.165) is 19.4 Å². The van der Waals surface area contributed by atoms with Gasteiger partial charge in [0.1, 0.15) is 5.82 Å². The van der Waals surface area contributed by atoms with Crippen LogP contribution in [0.15, 0.2) is 48.5 Å². The van der Waals surface area contributed by atoms with E-state index in [1.807, 2.05) is 24.3 Å². The van der Waals surface area contributed by atoms with Crippen LogP contribution in [0.1, 0.15) is 24.5 Å². The van der Waals surface area contributed by atoms with Crippen molar-refractivity contribution in [2.75, 3.05) is 6.54 Å². The van der Waals surface area contributed by atoms with E-state index in [-0.39, 0.29) is 16.9 Å². The Bertz CT molecular complexity index is 556. The Morgan fingerprint density at radius 3 is 2.52 bits per heavy atom. The molecule has 0 heterocycles. The van der Waals surface area contributed by atoms with Crippen LogP contribution >= 0.6 is 11.6 Å². The van der Waals surface area contributed by atoms with Crippen LogP contribution in [-0.2, 0) is 12.8 Å². The molecule has 0 aliphatic heterocycles. The van der Waals surface area contributed by atoms with Crippen molar-refractivity contribution in [3.05, 3.63) is 70.5 Å². The summed E-state index contributed by atoms with van der Waals surface area (Å²) in [5.41, 5.74) is 1.93. The van der Waals surface area contributed by atoms with Gasteiger partial charge in [-0.1, -0.05) is 61.0 Å². The Balaban J connectivity index is 2.10. The second-order valence-electron chi connectivity index (χ2n) is 5.26. The maximum absolute atomic E-state index is 14.1. The van der Waals surface area contributed by atoms with Crippen LogP contribution in [0.2, 0.25) is 5.02 Å². The number of nitrogens with one attached hydrogen (secondary N) is 1. The fourth-order valence-corrected chi connectivity index (χ4v) is 2.63. The molecule has 21 heavy (non-hydrogen) atoms. The molecule has 0 radical (unpaired) electrons. The van der Waals surface area contributed by atoms with E-state index in [9.17, 15) is 4.39 Å². The lowest BCUT2D eigenvalue weighted by molar-refractivity contribution is 0.492. The van der Waals surface area contributed by atoms with Crippen molar-refractivity contribution in [2.45, 2.75) is 32.2 Å². The van der Waals surface area contributed by atoms with Gasteiger partial charge in [0.05, 0.1) is 5.02 Å². The molecular formula is C18H21ClFN. The Hall–Kier alpha value is -1.38. The van der Waals surface area contributed by atoms with Crippen molar-refractivity contribution in [3.63, 3.8) is 0 Å². The minimum absolute atomic E-state index is 0.196. The first-order valence-electron chi connectivity index (χ1n) is 7.41. The maximum Gasteiger partial charge on any atom is 0.145 e. The van der Waals surface area contributed by atoms with Crippen LogP contribution in [0.4, 0.5) is 4.39 Å². The molecule has 0 saturated heterocycles. The molecule has 0 amide bonds. The molecule has 2 aromatic carbocycles. The molecule has 0 aliphatic rings. The number of hydrogen-bond acceptors (Lipinski definition) is 1.